The zero-order valence-corrected chi connectivity index (χ0v) is 24.8. The number of aryl methyl sites for hydroxylation is 2. The molecule has 5 rings (SSSR count). The highest BCUT2D eigenvalue weighted by atomic mass is 16.5. The molecule has 0 unspecified atom stereocenters. The molecule has 214 valence electrons. The molecule has 2 aromatic heterocycles. The molecule has 0 saturated carbocycles. The number of hydrogen-bond donors (Lipinski definition) is 0. The van der Waals surface area contributed by atoms with Gasteiger partial charge in [-0.25, -0.2) is 0 Å². The van der Waals surface area contributed by atoms with Gasteiger partial charge in [-0.15, -0.1) is 0 Å². The average molecular weight is 554 g/mol. The van der Waals surface area contributed by atoms with Crippen molar-refractivity contribution >= 4 is 17.5 Å². The van der Waals surface area contributed by atoms with Crippen molar-refractivity contribution in [2.24, 2.45) is 0 Å². The maximum absolute atomic E-state index is 14.1. The molecule has 2 amide bonds. The first-order valence-corrected chi connectivity index (χ1v) is 14.0. The van der Waals surface area contributed by atoms with Crippen LogP contribution >= 0.6 is 0 Å². The van der Waals surface area contributed by atoms with Crippen molar-refractivity contribution in [3.05, 3.63) is 101 Å². The molecular formula is C33H39N5O3. The number of nitrogens with zero attached hydrogens (tertiary/aromatic N) is 5. The van der Waals surface area contributed by atoms with E-state index in [2.05, 4.69) is 40.0 Å². The lowest BCUT2D eigenvalue weighted by Crippen LogP contribution is -2.32. The summed E-state index contributed by atoms with van der Waals surface area (Å²) >= 11 is 0. The van der Waals surface area contributed by atoms with Gasteiger partial charge in [0.2, 0.25) is 0 Å². The summed E-state index contributed by atoms with van der Waals surface area (Å²) < 4.78 is 9.94. The van der Waals surface area contributed by atoms with E-state index in [4.69, 9.17) is 4.74 Å². The summed E-state index contributed by atoms with van der Waals surface area (Å²) in [6.45, 7) is 6.57. The van der Waals surface area contributed by atoms with Gasteiger partial charge >= 0.3 is 0 Å². The van der Waals surface area contributed by atoms with Crippen LogP contribution in [0.25, 0.3) is 5.69 Å². The zero-order chi connectivity index (χ0) is 29.3. The van der Waals surface area contributed by atoms with Crippen molar-refractivity contribution in [1.82, 2.24) is 18.9 Å². The van der Waals surface area contributed by atoms with E-state index < -0.39 is 0 Å². The second-order valence-corrected chi connectivity index (χ2v) is 11.0. The lowest BCUT2D eigenvalue weighted by molar-refractivity contribution is 0.0780. The van der Waals surface area contributed by atoms with Gasteiger partial charge in [-0.05, 0) is 95.0 Å². The third-order valence-electron chi connectivity index (χ3n) is 7.85. The molecule has 2 aromatic carbocycles. The topological polar surface area (TPSA) is 63.0 Å². The molecule has 1 aliphatic heterocycles. The van der Waals surface area contributed by atoms with E-state index in [0.717, 1.165) is 47.0 Å². The van der Waals surface area contributed by atoms with Gasteiger partial charge < -0.3 is 28.6 Å². The fourth-order valence-corrected chi connectivity index (χ4v) is 5.65. The number of para-hydroxylation sites is 1. The Bertz CT molecular complexity index is 1560. The Labute approximate surface area is 242 Å². The van der Waals surface area contributed by atoms with Crippen LogP contribution in [-0.2, 0) is 13.1 Å². The van der Waals surface area contributed by atoms with E-state index in [1.165, 1.54) is 0 Å². The third kappa shape index (κ3) is 5.52. The fraction of sp³-hybridized carbons (Fsp3) is 0.333. The first-order valence-electron chi connectivity index (χ1n) is 14.0. The molecule has 1 aliphatic rings. The Hall–Kier alpha value is -4.30. The molecule has 0 saturated heterocycles. The number of carbonyl (C=O) groups is 2. The normalized spacial score (nSPS) is 12.6. The van der Waals surface area contributed by atoms with Crippen LogP contribution in [0, 0.1) is 13.8 Å². The number of rotatable bonds is 8. The standard InChI is InChI=1S/C33H39N5O3/c1-23-12-13-24(2)38(23)29-16-14-25(20-31(29)41-6)32(39)37-22-27-15-17-30(33(40)35(5)19-9-18-34(3)4)36(27)21-26-10-7-8-11-28(26)37/h7-8,10-17,20H,9,18-19,21-22H2,1-6H3. The van der Waals surface area contributed by atoms with Crippen LogP contribution in [-0.4, -0.2) is 72.1 Å². The van der Waals surface area contributed by atoms with Crippen LogP contribution in [0.4, 0.5) is 5.69 Å². The Morgan fingerprint density at radius 2 is 1.59 bits per heavy atom. The van der Waals surface area contributed by atoms with Gasteiger partial charge in [0.25, 0.3) is 11.8 Å². The zero-order valence-electron chi connectivity index (χ0n) is 24.8. The Morgan fingerprint density at radius 3 is 2.29 bits per heavy atom. The average Bonchev–Trinajstić information content (AvgIpc) is 3.46. The molecule has 0 bridgehead atoms. The molecule has 8 heteroatoms. The molecule has 41 heavy (non-hydrogen) atoms. The maximum atomic E-state index is 14.1. The molecule has 4 aromatic rings. The number of benzene rings is 2. The highest BCUT2D eigenvalue weighted by Crippen LogP contribution is 2.33. The van der Waals surface area contributed by atoms with Crippen LogP contribution < -0.4 is 9.64 Å². The Morgan fingerprint density at radius 1 is 0.854 bits per heavy atom. The van der Waals surface area contributed by atoms with Crippen molar-refractivity contribution in [3.8, 4) is 11.4 Å². The summed E-state index contributed by atoms with van der Waals surface area (Å²) in [6, 6.07) is 21.6. The molecule has 3 heterocycles. The van der Waals surface area contributed by atoms with Crippen LogP contribution in [0.2, 0.25) is 0 Å². The van der Waals surface area contributed by atoms with E-state index >= 15 is 0 Å². The molecule has 0 N–H and O–H groups in total. The first kappa shape index (κ1) is 28.2. The van der Waals surface area contributed by atoms with Gasteiger partial charge in [0, 0.05) is 41.9 Å². The Kier molecular flexibility index (Phi) is 8.03. The molecule has 0 atom stereocenters. The fourth-order valence-electron chi connectivity index (χ4n) is 5.65. The molecule has 8 nitrogen and oxygen atoms in total. The minimum absolute atomic E-state index is 0.0109. The number of aromatic nitrogens is 2. The highest BCUT2D eigenvalue weighted by Gasteiger charge is 2.28. The molecule has 0 spiro atoms. The van der Waals surface area contributed by atoms with Crippen molar-refractivity contribution < 1.29 is 14.3 Å². The highest BCUT2D eigenvalue weighted by molar-refractivity contribution is 6.07. The van der Waals surface area contributed by atoms with Crippen LogP contribution in [0.3, 0.4) is 0 Å². The maximum Gasteiger partial charge on any atom is 0.270 e. The van der Waals surface area contributed by atoms with Crippen molar-refractivity contribution in [2.45, 2.75) is 33.4 Å². The van der Waals surface area contributed by atoms with Crippen LogP contribution in [0.5, 0.6) is 5.75 Å². The van der Waals surface area contributed by atoms with E-state index in [9.17, 15) is 9.59 Å². The summed E-state index contributed by atoms with van der Waals surface area (Å²) in [5.74, 6) is 0.504. The molecule has 0 aliphatic carbocycles. The first-order chi connectivity index (χ1) is 19.7. The van der Waals surface area contributed by atoms with E-state index in [0.29, 0.717) is 36.6 Å². The summed E-state index contributed by atoms with van der Waals surface area (Å²) in [7, 11) is 7.55. The predicted octanol–water partition coefficient (Wildman–Crippen LogP) is 5.14. The predicted molar refractivity (Wildman–Crippen MR) is 162 cm³/mol. The third-order valence-corrected chi connectivity index (χ3v) is 7.85. The second kappa shape index (κ2) is 11.7. The van der Waals surface area contributed by atoms with E-state index in [1.54, 1.807) is 12.0 Å². The lowest BCUT2D eigenvalue weighted by atomic mass is 10.1. The quantitative estimate of drug-likeness (QED) is 0.303. The van der Waals surface area contributed by atoms with Gasteiger partial charge in [0.05, 0.1) is 25.9 Å². The number of carbonyl (C=O) groups excluding carboxylic acids is 2. The number of fused-ring (bicyclic) bond motifs is 2. The number of amides is 2. The van der Waals surface area contributed by atoms with Gasteiger partial charge in [-0.2, -0.15) is 0 Å². The summed E-state index contributed by atoms with van der Waals surface area (Å²) in [5.41, 5.74) is 7.02. The van der Waals surface area contributed by atoms with E-state index in [1.807, 2.05) is 80.6 Å². The minimum atomic E-state index is -0.119. The van der Waals surface area contributed by atoms with Gasteiger partial charge in [-0.1, -0.05) is 18.2 Å². The van der Waals surface area contributed by atoms with Gasteiger partial charge in [0.1, 0.15) is 11.4 Å². The molecule has 0 fully saturated rings. The summed E-state index contributed by atoms with van der Waals surface area (Å²) in [6.07, 6.45) is 0.902. The lowest BCUT2D eigenvalue weighted by Gasteiger charge is -2.23. The SMILES string of the molecule is COc1cc(C(=O)N2Cc3ccc(C(=O)N(C)CCCN(C)C)n3Cc3ccccc32)ccc1-n1c(C)ccc1C. The largest absolute Gasteiger partial charge is 0.495 e. The van der Waals surface area contributed by atoms with Crippen molar-refractivity contribution in [2.75, 3.05) is 46.2 Å². The second-order valence-electron chi connectivity index (χ2n) is 11.0. The van der Waals surface area contributed by atoms with Gasteiger partial charge in [0.15, 0.2) is 0 Å². The monoisotopic (exact) mass is 553 g/mol. The summed E-state index contributed by atoms with van der Waals surface area (Å²) in [4.78, 5) is 33.3. The Balaban J connectivity index is 1.47. The number of ether oxygens (including phenoxy) is 1. The molecule has 0 radical (unpaired) electrons. The molecular weight excluding hydrogens is 514 g/mol. The number of hydrogen-bond acceptors (Lipinski definition) is 4. The van der Waals surface area contributed by atoms with Crippen molar-refractivity contribution in [3.63, 3.8) is 0 Å². The van der Waals surface area contributed by atoms with Crippen molar-refractivity contribution in [1.29, 1.82) is 0 Å². The minimum Gasteiger partial charge on any atom is -0.495 e. The van der Waals surface area contributed by atoms with Gasteiger partial charge in [-0.3, -0.25) is 9.59 Å². The number of methoxy groups -OCH3 is 1. The number of anilines is 1. The van der Waals surface area contributed by atoms with Crippen LogP contribution in [0.1, 0.15) is 49.9 Å². The van der Waals surface area contributed by atoms with E-state index in [-0.39, 0.29) is 11.8 Å². The summed E-state index contributed by atoms with van der Waals surface area (Å²) in [5, 5.41) is 0. The smallest absolute Gasteiger partial charge is 0.270 e. The van der Waals surface area contributed by atoms with Crippen LogP contribution in [0.15, 0.2) is 66.7 Å².